The standard InChI is InChI=1S/C15H14BrN3O3S/c16-10-8-17-23-14(10)18-13(21)11-5-3-7-19(11)15(22)9-4-1-2-6-12(9)20/h1-2,4,6,8,11,20H,3,5,7H2,(H,18,21). The zero-order chi connectivity index (χ0) is 16.4. The van der Waals surface area contributed by atoms with E-state index in [4.69, 9.17) is 0 Å². The van der Waals surface area contributed by atoms with E-state index in [1.165, 1.54) is 22.5 Å². The molecule has 1 atom stereocenters. The summed E-state index contributed by atoms with van der Waals surface area (Å²) in [5, 5.41) is 13.3. The molecule has 1 unspecified atom stereocenters. The summed E-state index contributed by atoms with van der Waals surface area (Å²) in [5.74, 6) is -0.644. The van der Waals surface area contributed by atoms with Crippen molar-refractivity contribution in [3.8, 4) is 5.75 Å². The maximum absolute atomic E-state index is 12.6. The molecule has 0 aliphatic carbocycles. The van der Waals surface area contributed by atoms with Crippen LogP contribution in [-0.4, -0.2) is 38.8 Å². The average Bonchev–Trinajstić information content (AvgIpc) is 3.17. The van der Waals surface area contributed by atoms with Gasteiger partial charge in [0, 0.05) is 6.54 Å². The second kappa shape index (κ2) is 6.67. The van der Waals surface area contributed by atoms with E-state index < -0.39 is 6.04 Å². The summed E-state index contributed by atoms with van der Waals surface area (Å²) in [6.45, 7) is 0.495. The topological polar surface area (TPSA) is 82.5 Å². The van der Waals surface area contributed by atoms with Gasteiger partial charge in [-0.25, -0.2) is 0 Å². The molecule has 1 aromatic heterocycles. The van der Waals surface area contributed by atoms with E-state index in [1.807, 2.05) is 0 Å². The predicted molar refractivity (Wildman–Crippen MR) is 90.6 cm³/mol. The molecule has 3 rings (SSSR count). The fourth-order valence-electron chi connectivity index (χ4n) is 2.60. The summed E-state index contributed by atoms with van der Waals surface area (Å²) >= 11 is 4.49. The van der Waals surface area contributed by atoms with Crippen molar-refractivity contribution in [1.29, 1.82) is 0 Å². The van der Waals surface area contributed by atoms with Gasteiger partial charge in [-0.3, -0.25) is 9.59 Å². The van der Waals surface area contributed by atoms with Gasteiger partial charge in [0.1, 0.15) is 16.8 Å². The molecule has 2 N–H and O–H groups in total. The Bertz CT molecular complexity index is 749. The van der Waals surface area contributed by atoms with E-state index in [1.54, 1.807) is 24.4 Å². The van der Waals surface area contributed by atoms with E-state index in [9.17, 15) is 14.7 Å². The van der Waals surface area contributed by atoms with E-state index in [0.29, 0.717) is 22.4 Å². The van der Waals surface area contributed by atoms with Crippen LogP contribution in [-0.2, 0) is 4.79 Å². The molecule has 0 spiro atoms. The van der Waals surface area contributed by atoms with Crippen LogP contribution < -0.4 is 5.32 Å². The highest BCUT2D eigenvalue weighted by atomic mass is 79.9. The number of aromatic hydroxyl groups is 1. The van der Waals surface area contributed by atoms with Crippen LogP contribution in [0.4, 0.5) is 5.00 Å². The number of rotatable bonds is 3. The number of carbonyl (C=O) groups is 2. The number of nitrogens with one attached hydrogen (secondary N) is 1. The third kappa shape index (κ3) is 3.23. The summed E-state index contributed by atoms with van der Waals surface area (Å²) in [6.07, 6.45) is 2.96. The first kappa shape index (κ1) is 15.9. The van der Waals surface area contributed by atoms with Gasteiger partial charge in [0.05, 0.1) is 16.2 Å². The van der Waals surface area contributed by atoms with Crippen LogP contribution in [0.3, 0.4) is 0 Å². The lowest BCUT2D eigenvalue weighted by atomic mass is 10.1. The van der Waals surface area contributed by atoms with Gasteiger partial charge >= 0.3 is 0 Å². The van der Waals surface area contributed by atoms with Crippen molar-refractivity contribution in [3.63, 3.8) is 0 Å². The van der Waals surface area contributed by atoms with Crippen LogP contribution >= 0.6 is 27.5 Å². The van der Waals surface area contributed by atoms with Gasteiger partial charge in [0.25, 0.3) is 5.91 Å². The van der Waals surface area contributed by atoms with Gasteiger partial charge in [0.2, 0.25) is 5.91 Å². The lowest BCUT2D eigenvalue weighted by Gasteiger charge is -2.24. The number of phenols is 1. The molecule has 1 saturated heterocycles. The van der Waals surface area contributed by atoms with E-state index in [2.05, 4.69) is 25.6 Å². The molecule has 1 aromatic carbocycles. The number of hydrogen-bond donors (Lipinski definition) is 2. The summed E-state index contributed by atoms with van der Waals surface area (Å²) in [7, 11) is 0. The zero-order valence-electron chi connectivity index (χ0n) is 12.0. The average molecular weight is 396 g/mol. The number of hydrogen-bond acceptors (Lipinski definition) is 5. The van der Waals surface area contributed by atoms with Gasteiger partial charge in [0.15, 0.2) is 0 Å². The summed E-state index contributed by atoms with van der Waals surface area (Å²) in [5.41, 5.74) is 0.214. The van der Waals surface area contributed by atoms with Crippen LogP contribution in [0.15, 0.2) is 34.9 Å². The Morgan fingerprint density at radius 3 is 2.87 bits per heavy atom. The number of para-hydroxylation sites is 1. The molecule has 23 heavy (non-hydrogen) atoms. The first-order valence-corrected chi connectivity index (χ1v) is 8.64. The van der Waals surface area contributed by atoms with Crippen LogP contribution in [0.25, 0.3) is 0 Å². The molecular weight excluding hydrogens is 382 g/mol. The highest BCUT2D eigenvalue weighted by Gasteiger charge is 2.35. The Morgan fingerprint density at radius 1 is 1.39 bits per heavy atom. The van der Waals surface area contributed by atoms with Gasteiger partial charge < -0.3 is 15.3 Å². The van der Waals surface area contributed by atoms with Crippen molar-refractivity contribution < 1.29 is 14.7 Å². The first-order chi connectivity index (χ1) is 11.1. The van der Waals surface area contributed by atoms with Crippen LogP contribution in [0.5, 0.6) is 5.75 Å². The maximum Gasteiger partial charge on any atom is 0.258 e. The van der Waals surface area contributed by atoms with Gasteiger partial charge in [-0.1, -0.05) is 12.1 Å². The molecule has 2 heterocycles. The minimum absolute atomic E-state index is 0.0752. The summed E-state index contributed by atoms with van der Waals surface area (Å²) < 4.78 is 4.70. The van der Waals surface area contributed by atoms with Crippen molar-refractivity contribution >= 4 is 44.3 Å². The highest BCUT2D eigenvalue weighted by Crippen LogP contribution is 2.29. The molecule has 0 radical (unpaired) electrons. The van der Waals surface area contributed by atoms with Crippen molar-refractivity contribution in [2.75, 3.05) is 11.9 Å². The van der Waals surface area contributed by atoms with Crippen molar-refractivity contribution in [1.82, 2.24) is 9.27 Å². The molecule has 8 heteroatoms. The third-order valence-corrected chi connectivity index (χ3v) is 5.29. The molecule has 1 fully saturated rings. The fourth-order valence-corrected chi connectivity index (χ4v) is 3.70. The highest BCUT2D eigenvalue weighted by molar-refractivity contribution is 9.10. The van der Waals surface area contributed by atoms with Gasteiger partial charge in [-0.05, 0) is 52.4 Å². The predicted octanol–water partition coefficient (Wildman–Crippen LogP) is 2.85. The van der Waals surface area contributed by atoms with Crippen LogP contribution in [0, 0.1) is 0 Å². The molecule has 1 aliphatic heterocycles. The number of anilines is 1. The molecular formula is C15H14BrN3O3S. The first-order valence-electron chi connectivity index (χ1n) is 7.08. The monoisotopic (exact) mass is 395 g/mol. The quantitative estimate of drug-likeness (QED) is 0.836. The Kier molecular flexibility index (Phi) is 4.63. The maximum atomic E-state index is 12.6. The minimum atomic E-state index is -0.545. The van der Waals surface area contributed by atoms with Crippen molar-refractivity contribution in [2.45, 2.75) is 18.9 Å². The number of likely N-dealkylation sites (tertiary alicyclic amines) is 1. The third-order valence-electron chi connectivity index (χ3n) is 3.71. The van der Waals surface area contributed by atoms with E-state index in [-0.39, 0.29) is 23.1 Å². The molecule has 0 bridgehead atoms. The molecule has 6 nitrogen and oxygen atoms in total. The number of aromatic nitrogens is 1. The Balaban J connectivity index is 1.77. The van der Waals surface area contributed by atoms with E-state index in [0.717, 1.165) is 6.42 Å². The Hall–Kier alpha value is -1.93. The molecule has 120 valence electrons. The smallest absolute Gasteiger partial charge is 0.258 e. The second-order valence-corrected chi connectivity index (χ2v) is 6.82. The lowest BCUT2D eigenvalue weighted by Crippen LogP contribution is -2.43. The SMILES string of the molecule is O=C(Nc1sncc1Br)C1CCCN1C(=O)c1ccccc1O. The Labute approximate surface area is 145 Å². The second-order valence-electron chi connectivity index (χ2n) is 5.17. The zero-order valence-corrected chi connectivity index (χ0v) is 14.4. The summed E-state index contributed by atoms with van der Waals surface area (Å²) in [4.78, 5) is 26.6. The van der Waals surface area contributed by atoms with E-state index >= 15 is 0 Å². The number of amides is 2. The van der Waals surface area contributed by atoms with Crippen molar-refractivity contribution in [2.24, 2.45) is 0 Å². The molecule has 2 amide bonds. The lowest BCUT2D eigenvalue weighted by molar-refractivity contribution is -0.119. The summed E-state index contributed by atoms with van der Waals surface area (Å²) in [6, 6.07) is 5.82. The van der Waals surface area contributed by atoms with Crippen LogP contribution in [0.1, 0.15) is 23.2 Å². The number of carbonyl (C=O) groups excluding carboxylic acids is 2. The minimum Gasteiger partial charge on any atom is -0.507 e. The van der Waals surface area contributed by atoms with Crippen LogP contribution in [0.2, 0.25) is 0 Å². The normalized spacial score (nSPS) is 17.3. The molecule has 0 saturated carbocycles. The number of nitrogens with zero attached hydrogens (tertiary/aromatic N) is 2. The van der Waals surface area contributed by atoms with Gasteiger partial charge in [-0.2, -0.15) is 4.37 Å². The molecule has 2 aromatic rings. The number of phenolic OH excluding ortho intramolecular Hbond substituents is 1. The van der Waals surface area contributed by atoms with Gasteiger partial charge in [-0.15, -0.1) is 0 Å². The molecule has 1 aliphatic rings. The Morgan fingerprint density at radius 2 is 2.17 bits per heavy atom. The number of benzene rings is 1. The van der Waals surface area contributed by atoms with Crippen molar-refractivity contribution in [3.05, 3.63) is 40.5 Å². The number of halogens is 1. The largest absolute Gasteiger partial charge is 0.507 e. The fraction of sp³-hybridized carbons (Fsp3) is 0.267.